The van der Waals surface area contributed by atoms with Gasteiger partial charge in [0.2, 0.25) is 5.91 Å². The topological polar surface area (TPSA) is 32.3 Å². The number of thioether (sulfide) groups is 1. The smallest absolute Gasteiger partial charge is 0.221 e. The standard InChI is InChI=1S/C21H24ClFN2OS/c22-17-3-1-16(2-4-17)15-25-12-9-19(10-13-25)24-21(26)11-14-27-20-7-5-18(23)6-8-20/h1-8,19H,9-15H2,(H,24,26). The first-order valence-electron chi connectivity index (χ1n) is 9.23. The zero-order valence-corrected chi connectivity index (χ0v) is 16.7. The molecule has 1 N–H and O–H groups in total. The molecular weight excluding hydrogens is 383 g/mol. The highest BCUT2D eigenvalue weighted by Gasteiger charge is 2.20. The van der Waals surface area contributed by atoms with Crippen LogP contribution in [-0.4, -0.2) is 35.7 Å². The van der Waals surface area contributed by atoms with E-state index in [0.29, 0.717) is 12.2 Å². The molecule has 1 aliphatic rings. The van der Waals surface area contributed by atoms with Gasteiger partial charge in [-0.1, -0.05) is 23.7 Å². The van der Waals surface area contributed by atoms with E-state index in [4.69, 9.17) is 11.6 Å². The number of nitrogens with one attached hydrogen (secondary N) is 1. The second kappa shape index (κ2) is 10.1. The molecule has 1 saturated heterocycles. The molecule has 1 aliphatic heterocycles. The van der Waals surface area contributed by atoms with Crippen LogP contribution < -0.4 is 5.32 Å². The second-order valence-corrected chi connectivity index (χ2v) is 8.40. The molecule has 0 saturated carbocycles. The van der Waals surface area contributed by atoms with Crippen molar-refractivity contribution in [2.24, 2.45) is 0 Å². The molecule has 3 rings (SSSR count). The van der Waals surface area contributed by atoms with Crippen molar-refractivity contribution >= 4 is 29.3 Å². The summed E-state index contributed by atoms with van der Waals surface area (Å²) in [5, 5.41) is 3.91. The summed E-state index contributed by atoms with van der Waals surface area (Å²) in [7, 11) is 0. The van der Waals surface area contributed by atoms with E-state index in [-0.39, 0.29) is 17.8 Å². The van der Waals surface area contributed by atoms with Crippen molar-refractivity contribution in [2.45, 2.75) is 36.7 Å². The summed E-state index contributed by atoms with van der Waals surface area (Å²) in [4.78, 5) is 15.5. The van der Waals surface area contributed by atoms with E-state index < -0.39 is 0 Å². The zero-order chi connectivity index (χ0) is 19.1. The third-order valence-corrected chi connectivity index (χ3v) is 5.95. The number of carbonyl (C=O) groups excluding carboxylic acids is 1. The molecule has 0 radical (unpaired) electrons. The van der Waals surface area contributed by atoms with Gasteiger partial charge in [-0.05, 0) is 54.8 Å². The lowest BCUT2D eigenvalue weighted by molar-refractivity contribution is -0.121. The van der Waals surface area contributed by atoms with E-state index in [1.165, 1.54) is 17.7 Å². The SMILES string of the molecule is O=C(CCSc1ccc(F)cc1)NC1CCN(Cc2ccc(Cl)cc2)CC1. The minimum Gasteiger partial charge on any atom is -0.353 e. The number of halogens is 2. The minimum absolute atomic E-state index is 0.0979. The van der Waals surface area contributed by atoms with Crippen LogP contribution >= 0.6 is 23.4 Å². The van der Waals surface area contributed by atoms with Crippen molar-refractivity contribution in [3.05, 3.63) is 64.9 Å². The number of amides is 1. The second-order valence-electron chi connectivity index (χ2n) is 6.80. The van der Waals surface area contributed by atoms with Gasteiger partial charge in [0.25, 0.3) is 0 Å². The molecule has 2 aromatic rings. The molecule has 0 aromatic heterocycles. The van der Waals surface area contributed by atoms with Crippen molar-refractivity contribution in [2.75, 3.05) is 18.8 Å². The summed E-state index contributed by atoms with van der Waals surface area (Å²) in [6.45, 7) is 2.89. The number of piperidine rings is 1. The largest absolute Gasteiger partial charge is 0.353 e. The Hall–Kier alpha value is -1.56. The zero-order valence-electron chi connectivity index (χ0n) is 15.2. The van der Waals surface area contributed by atoms with Gasteiger partial charge in [-0.2, -0.15) is 0 Å². The number of hydrogen-bond donors (Lipinski definition) is 1. The number of benzene rings is 2. The molecule has 0 spiro atoms. The van der Waals surface area contributed by atoms with Crippen LogP contribution in [0.1, 0.15) is 24.8 Å². The Labute approximate surface area is 169 Å². The van der Waals surface area contributed by atoms with E-state index in [1.807, 2.05) is 12.1 Å². The van der Waals surface area contributed by atoms with Gasteiger partial charge < -0.3 is 5.32 Å². The molecule has 27 heavy (non-hydrogen) atoms. The van der Waals surface area contributed by atoms with Gasteiger partial charge in [0, 0.05) is 47.8 Å². The lowest BCUT2D eigenvalue weighted by atomic mass is 10.0. The van der Waals surface area contributed by atoms with E-state index in [2.05, 4.69) is 22.3 Å². The highest BCUT2D eigenvalue weighted by Crippen LogP contribution is 2.19. The molecular formula is C21H24ClFN2OS. The first kappa shape index (κ1) is 20.2. The molecule has 144 valence electrons. The molecule has 2 aromatic carbocycles. The molecule has 0 atom stereocenters. The van der Waals surface area contributed by atoms with Crippen LogP contribution in [0.5, 0.6) is 0 Å². The molecule has 3 nitrogen and oxygen atoms in total. The number of nitrogens with zero attached hydrogens (tertiary/aromatic N) is 1. The molecule has 0 unspecified atom stereocenters. The summed E-state index contributed by atoms with van der Waals surface area (Å²) in [6, 6.07) is 14.6. The van der Waals surface area contributed by atoms with E-state index in [1.54, 1.807) is 23.9 Å². The van der Waals surface area contributed by atoms with E-state index >= 15 is 0 Å². The van der Waals surface area contributed by atoms with Gasteiger partial charge in [0.05, 0.1) is 0 Å². The molecule has 6 heteroatoms. The number of hydrogen-bond acceptors (Lipinski definition) is 3. The number of carbonyl (C=O) groups is 1. The third kappa shape index (κ3) is 6.83. The molecule has 1 heterocycles. The van der Waals surface area contributed by atoms with Crippen molar-refractivity contribution in [1.29, 1.82) is 0 Å². The predicted molar refractivity (Wildman–Crippen MR) is 110 cm³/mol. The van der Waals surface area contributed by atoms with E-state index in [9.17, 15) is 9.18 Å². The highest BCUT2D eigenvalue weighted by molar-refractivity contribution is 7.99. The highest BCUT2D eigenvalue weighted by atomic mass is 35.5. The predicted octanol–water partition coefficient (Wildman–Crippen LogP) is 4.74. The van der Waals surface area contributed by atoms with Crippen molar-refractivity contribution < 1.29 is 9.18 Å². The van der Waals surface area contributed by atoms with Gasteiger partial charge in [0.15, 0.2) is 0 Å². The first-order chi connectivity index (χ1) is 13.1. The minimum atomic E-state index is -0.237. The summed E-state index contributed by atoms with van der Waals surface area (Å²) in [5.41, 5.74) is 1.26. The maximum absolute atomic E-state index is 12.9. The fourth-order valence-electron chi connectivity index (χ4n) is 3.18. The number of rotatable bonds is 7. The van der Waals surface area contributed by atoms with Crippen molar-refractivity contribution in [1.82, 2.24) is 10.2 Å². The third-order valence-electron chi connectivity index (χ3n) is 4.68. The Morgan fingerprint density at radius 3 is 2.44 bits per heavy atom. The summed E-state index contributed by atoms with van der Waals surface area (Å²) in [6.07, 6.45) is 2.43. The van der Waals surface area contributed by atoms with Gasteiger partial charge in [0.1, 0.15) is 5.82 Å². The van der Waals surface area contributed by atoms with Gasteiger partial charge in [-0.25, -0.2) is 4.39 Å². The molecule has 0 bridgehead atoms. The van der Waals surface area contributed by atoms with Crippen LogP contribution in [0.3, 0.4) is 0 Å². The lowest BCUT2D eigenvalue weighted by Gasteiger charge is -2.32. The van der Waals surface area contributed by atoms with Gasteiger partial charge >= 0.3 is 0 Å². The van der Waals surface area contributed by atoms with Crippen LogP contribution in [0, 0.1) is 5.82 Å². The lowest BCUT2D eigenvalue weighted by Crippen LogP contribution is -2.44. The van der Waals surface area contributed by atoms with Crippen LogP contribution in [0.25, 0.3) is 0 Å². The Morgan fingerprint density at radius 1 is 1.11 bits per heavy atom. The quantitative estimate of drug-likeness (QED) is 0.674. The fourth-order valence-corrected chi connectivity index (χ4v) is 4.15. The molecule has 0 aliphatic carbocycles. The monoisotopic (exact) mass is 406 g/mol. The van der Waals surface area contributed by atoms with Crippen molar-refractivity contribution in [3.8, 4) is 0 Å². The summed E-state index contributed by atoms with van der Waals surface area (Å²) >= 11 is 7.51. The van der Waals surface area contributed by atoms with E-state index in [0.717, 1.165) is 42.4 Å². The summed E-state index contributed by atoms with van der Waals surface area (Å²) < 4.78 is 12.9. The van der Waals surface area contributed by atoms with Gasteiger partial charge in [-0.15, -0.1) is 11.8 Å². The molecule has 1 amide bonds. The average Bonchev–Trinajstić information content (AvgIpc) is 2.67. The van der Waals surface area contributed by atoms with Crippen LogP contribution in [-0.2, 0) is 11.3 Å². The Bertz CT molecular complexity index is 731. The number of likely N-dealkylation sites (tertiary alicyclic amines) is 1. The normalized spacial score (nSPS) is 15.6. The maximum atomic E-state index is 12.9. The Morgan fingerprint density at radius 2 is 1.78 bits per heavy atom. The van der Waals surface area contributed by atoms with Crippen LogP contribution in [0.4, 0.5) is 4.39 Å². The van der Waals surface area contributed by atoms with Crippen molar-refractivity contribution in [3.63, 3.8) is 0 Å². The average molecular weight is 407 g/mol. The first-order valence-corrected chi connectivity index (χ1v) is 10.6. The van der Waals surface area contributed by atoms with Gasteiger partial charge in [-0.3, -0.25) is 9.69 Å². The summed E-state index contributed by atoms with van der Waals surface area (Å²) in [5.74, 6) is 0.563. The fraction of sp³-hybridized carbons (Fsp3) is 0.381. The van der Waals surface area contributed by atoms with Crippen LogP contribution in [0.2, 0.25) is 5.02 Å². The molecule has 1 fully saturated rings. The Kier molecular flexibility index (Phi) is 7.56. The van der Waals surface area contributed by atoms with Crippen LogP contribution in [0.15, 0.2) is 53.4 Å². The maximum Gasteiger partial charge on any atom is 0.221 e. The Balaban J connectivity index is 1.33.